The van der Waals surface area contributed by atoms with Crippen LogP contribution in [-0.2, 0) is 0 Å². The highest BCUT2D eigenvalue weighted by Crippen LogP contribution is 2.30. The summed E-state index contributed by atoms with van der Waals surface area (Å²) in [6.07, 6.45) is -4.69. The molecule has 3 rings (SSSR count). The van der Waals surface area contributed by atoms with Gasteiger partial charge in [-0.1, -0.05) is 34.1 Å². The van der Waals surface area contributed by atoms with Crippen molar-refractivity contribution in [2.24, 2.45) is 0 Å². The molecule has 2 nitrogen and oxygen atoms in total. The number of alkyl halides is 3. The molecule has 0 bridgehead atoms. The molecule has 1 heterocycles. The second-order valence-electron chi connectivity index (χ2n) is 4.49. The van der Waals surface area contributed by atoms with Crippen molar-refractivity contribution in [2.75, 3.05) is 0 Å². The summed E-state index contributed by atoms with van der Waals surface area (Å²) in [5, 5.41) is 0.982. The van der Waals surface area contributed by atoms with Gasteiger partial charge in [-0.15, -0.1) is 13.2 Å². The van der Waals surface area contributed by atoms with Gasteiger partial charge in [-0.3, -0.25) is 0 Å². The zero-order valence-electron chi connectivity index (χ0n) is 10.5. The molecule has 1 aromatic heterocycles. The molecule has 0 amide bonds. The van der Waals surface area contributed by atoms with E-state index in [1.54, 1.807) is 6.07 Å². The molecular formula is C15H9BrF3NO. The van der Waals surface area contributed by atoms with Gasteiger partial charge in [-0.25, -0.2) is 0 Å². The number of halogens is 4. The van der Waals surface area contributed by atoms with Gasteiger partial charge in [0.05, 0.1) is 0 Å². The third-order valence-corrected chi connectivity index (χ3v) is 3.46. The molecule has 0 aliphatic rings. The van der Waals surface area contributed by atoms with Crippen molar-refractivity contribution in [2.45, 2.75) is 6.36 Å². The maximum absolute atomic E-state index is 12.3. The van der Waals surface area contributed by atoms with Crippen LogP contribution in [0.25, 0.3) is 22.2 Å². The summed E-state index contributed by atoms with van der Waals surface area (Å²) < 4.78 is 41.6. The lowest BCUT2D eigenvalue weighted by molar-refractivity contribution is -0.274. The standard InChI is InChI=1S/C15H9BrF3NO/c16-11-5-4-10-7-13(20-14(10)8-11)9-2-1-3-12(6-9)21-15(17,18)19/h1-8,20H. The molecule has 0 atom stereocenters. The van der Waals surface area contributed by atoms with Gasteiger partial charge in [0.2, 0.25) is 0 Å². The quantitative estimate of drug-likeness (QED) is 0.645. The summed E-state index contributed by atoms with van der Waals surface area (Å²) in [6.45, 7) is 0. The van der Waals surface area contributed by atoms with Gasteiger partial charge in [0, 0.05) is 26.6 Å². The van der Waals surface area contributed by atoms with E-state index >= 15 is 0 Å². The van der Waals surface area contributed by atoms with Crippen LogP contribution in [-0.4, -0.2) is 11.3 Å². The molecule has 3 aromatic rings. The lowest BCUT2D eigenvalue weighted by atomic mass is 10.1. The Bertz CT molecular complexity index is 795. The molecule has 0 radical (unpaired) electrons. The molecule has 0 saturated heterocycles. The highest BCUT2D eigenvalue weighted by atomic mass is 79.9. The largest absolute Gasteiger partial charge is 0.573 e. The van der Waals surface area contributed by atoms with Gasteiger partial charge in [-0.05, 0) is 30.3 Å². The van der Waals surface area contributed by atoms with Crippen LogP contribution < -0.4 is 4.74 Å². The number of hydrogen-bond acceptors (Lipinski definition) is 1. The van der Waals surface area contributed by atoms with E-state index in [4.69, 9.17) is 0 Å². The van der Waals surface area contributed by atoms with Gasteiger partial charge < -0.3 is 9.72 Å². The number of fused-ring (bicyclic) bond motifs is 1. The number of benzene rings is 2. The molecule has 1 N–H and O–H groups in total. The van der Waals surface area contributed by atoms with Crippen LogP contribution in [0.3, 0.4) is 0 Å². The molecule has 0 aliphatic heterocycles. The van der Waals surface area contributed by atoms with Crippen molar-refractivity contribution >= 4 is 26.8 Å². The average Bonchev–Trinajstić information content (AvgIpc) is 2.80. The molecule has 0 spiro atoms. The Hall–Kier alpha value is -1.95. The Morgan fingerprint density at radius 1 is 1.00 bits per heavy atom. The molecule has 0 aliphatic carbocycles. The van der Waals surface area contributed by atoms with Crippen LogP contribution in [0.5, 0.6) is 5.75 Å². The maximum atomic E-state index is 12.3. The van der Waals surface area contributed by atoms with Crippen LogP contribution in [0.1, 0.15) is 0 Å². The highest BCUT2D eigenvalue weighted by molar-refractivity contribution is 9.10. The number of hydrogen-bond donors (Lipinski definition) is 1. The maximum Gasteiger partial charge on any atom is 0.573 e. The third kappa shape index (κ3) is 3.21. The number of aromatic nitrogens is 1. The third-order valence-electron chi connectivity index (χ3n) is 2.96. The first-order valence-corrected chi connectivity index (χ1v) is 6.84. The summed E-state index contributed by atoms with van der Waals surface area (Å²) in [4.78, 5) is 3.18. The Labute approximate surface area is 126 Å². The Balaban J connectivity index is 2.00. The summed E-state index contributed by atoms with van der Waals surface area (Å²) in [5.74, 6) is -0.236. The highest BCUT2D eigenvalue weighted by Gasteiger charge is 2.31. The number of ether oxygens (including phenoxy) is 1. The van der Waals surface area contributed by atoms with E-state index in [0.717, 1.165) is 21.1 Å². The van der Waals surface area contributed by atoms with Gasteiger partial charge in [0.15, 0.2) is 0 Å². The molecule has 0 unspecified atom stereocenters. The van der Waals surface area contributed by atoms with Crippen molar-refractivity contribution in [1.82, 2.24) is 4.98 Å². The monoisotopic (exact) mass is 355 g/mol. The number of rotatable bonds is 2. The lowest BCUT2D eigenvalue weighted by Gasteiger charge is -2.09. The van der Waals surface area contributed by atoms with E-state index in [1.165, 1.54) is 18.2 Å². The van der Waals surface area contributed by atoms with Gasteiger partial charge in [-0.2, -0.15) is 0 Å². The zero-order chi connectivity index (χ0) is 15.0. The van der Waals surface area contributed by atoms with E-state index in [1.807, 2.05) is 24.3 Å². The molecule has 108 valence electrons. The fraction of sp³-hybridized carbons (Fsp3) is 0.0667. The molecule has 0 fully saturated rings. The van der Waals surface area contributed by atoms with E-state index in [0.29, 0.717) is 5.56 Å². The van der Waals surface area contributed by atoms with Gasteiger partial charge in [0.1, 0.15) is 5.75 Å². The van der Waals surface area contributed by atoms with Crippen molar-refractivity contribution < 1.29 is 17.9 Å². The van der Waals surface area contributed by atoms with Crippen molar-refractivity contribution in [3.8, 4) is 17.0 Å². The summed E-state index contributed by atoms with van der Waals surface area (Å²) in [7, 11) is 0. The molecule has 21 heavy (non-hydrogen) atoms. The van der Waals surface area contributed by atoms with E-state index in [-0.39, 0.29) is 5.75 Å². The van der Waals surface area contributed by atoms with Crippen molar-refractivity contribution in [3.63, 3.8) is 0 Å². The Morgan fingerprint density at radius 3 is 2.57 bits per heavy atom. The van der Waals surface area contributed by atoms with E-state index < -0.39 is 6.36 Å². The van der Waals surface area contributed by atoms with Crippen molar-refractivity contribution in [3.05, 3.63) is 53.0 Å². The summed E-state index contributed by atoms with van der Waals surface area (Å²) in [5.41, 5.74) is 2.27. The van der Waals surface area contributed by atoms with Crippen LogP contribution in [0.15, 0.2) is 53.0 Å². The lowest BCUT2D eigenvalue weighted by Crippen LogP contribution is -2.17. The zero-order valence-corrected chi connectivity index (χ0v) is 12.1. The van der Waals surface area contributed by atoms with Crippen LogP contribution in [0.2, 0.25) is 0 Å². The fourth-order valence-corrected chi connectivity index (χ4v) is 2.48. The smallest absolute Gasteiger partial charge is 0.406 e. The van der Waals surface area contributed by atoms with Crippen LogP contribution in [0.4, 0.5) is 13.2 Å². The number of aromatic amines is 1. The Kier molecular flexibility index (Phi) is 3.41. The first-order valence-electron chi connectivity index (χ1n) is 6.05. The Morgan fingerprint density at radius 2 is 1.81 bits per heavy atom. The van der Waals surface area contributed by atoms with Crippen LogP contribution >= 0.6 is 15.9 Å². The van der Waals surface area contributed by atoms with Gasteiger partial charge in [0.25, 0.3) is 0 Å². The van der Waals surface area contributed by atoms with E-state index in [9.17, 15) is 13.2 Å². The summed E-state index contributed by atoms with van der Waals surface area (Å²) >= 11 is 3.38. The van der Waals surface area contributed by atoms with Gasteiger partial charge >= 0.3 is 6.36 Å². The number of H-pyrrole nitrogens is 1. The average molecular weight is 356 g/mol. The SMILES string of the molecule is FC(F)(F)Oc1cccc(-c2cc3ccc(Br)cc3[nH]2)c1. The predicted molar refractivity (Wildman–Crippen MR) is 78.1 cm³/mol. The minimum absolute atomic E-state index is 0.236. The first kappa shape index (κ1) is 14.0. The van der Waals surface area contributed by atoms with E-state index in [2.05, 4.69) is 25.7 Å². The normalized spacial score (nSPS) is 11.8. The number of nitrogens with one attached hydrogen (secondary N) is 1. The minimum Gasteiger partial charge on any atom is -0.406 e. The fourth-order valence-electron chi connectivity index (χ4n) is 2.12. The van der Waals surface area contributed by atoms with Crippen molar-refractivity contribution in [1.29, 1.82) is 0 Å². The predicted octanol–water partition coefficient (Wildman–Crippen LogP) is 5.50. The first-order chi connectivity index (χ1) is 9.90. The summed E-state index contributed by atoms with van der Waals surface area (Å²) in [6, 6.07) is 13.5. The minimum atomic E-state index is -4.69. The molecule has 6 heteroatoms. The topological polar surface area (TPSA) is 25.0 Å². The second kappa shape index (κ2) is 5.11. The molecule has 2 aromatic carbocycles. The molecule has 0 saturated carbocycles. The van der Waals surface area contributed by atoms with Crippen LogP contribution in [0, 0.1) is 0 Å². The molecular weight excluding hydrogens is 347 g/mol. The second-order valence-corrected chi connectivity index (χ2v) is 5.41.